The molecule has 0 aliphatic rings. The highest BCUT2D eigenvalue weighted by Crippen LogP contribution is 2.32. The molecule has 0 saturated heterocycles. The van der Waals surface area contributed by atoms with Gasteiger partial charge in [-0.3, -0.25) is 0 Å². The predicted molar refractivity (Wildman–Crippen MR) is 142 cm³/mol. The first-order valence-corrected chi connectivity index (χ1v) is 12.7. The van der Waals surface area contributed by atoms with Gasteiger partial charge in [0.15, 0.2) is 0 Å². The molecule has 0 aliphatic carbocycles. The minimum absolute atomic E-state index is 0.440. The van der Waals surface area contributed by atoms with Crippen molar-refractivity contribution in [3.63, 3.8) is 0 Å². The Kier molecular flexibility index (Phi) is 9.18. The van der Waals surface area contributed by atoms with E-state index in [0.29, 0.717) is 10.9 Å². The van der Waals surface area contributed by atoms with Crippen LogP contribution in [0.15, 0.2) is 97.1 Å². The van der Waals surface area contributed by atoms with Gasteiger partial charge >= 0.3 is 0 Å². The summed E-state index contributed by atoms with van der Waals surface area (Å²) in [6, 6.07) is 34.1. The first-order chi connectivity index (χ1) is 15.6. The van der Waals surface area contributed by atoms with Crippen LogP contribution in [-0.4, -0.2) is 7.11 Å². The second-order valence-corrected chi connectivity index (χ2v) is 10.2. The van der Waals surface area contributed by atoms with E-state index in [-0.39, 0.29) is 0 Å². The van der Waals surface area contributed by atoms with Crippen LogP contribution in [0.4, 0.5) is 0 Å². The molecule has 0 aromatic heterocycles. The molecule has 0 atom stereocenters. The lowest BCUT2D eigenvalue weighted by Gasteiger charge is -2.18. The average molecular weight is 481 g/mol. The molecule has 1 nitrogen and oxygen atoms in total. The second kappa shape index (κ2) is 12.1. The third-order valence-corrected chi connectivity index (χ3v) is 8.38. The van der Waals surface area contributed by atoms with Crippen molar-refractivity contribution >= 4 is 47.0 Å². The molecule has 0 heterocycles. The molecule has 4 aromatic rings. The fraction of sp³-hybridized carbons (Fsp3) is 0.143. The van der Waals surface area contributed by atoms with Gasteiger partial charge in [0.25, 0.3) is 0 Å². The van der Waals surface area contributed by atoms with Crippen molar-refractivity contribution in [2.75, 3.05) is 7.11 Å². The van der Waals surface area contributed by atoms with Crippen molar-refractivity contribution in [2.45, 2.75) is 19.7 Å². The second-order valence-electron chi connectivity index (χ2n) is 7.26. The van der Waals surface area contributed by atoms with E-state index in [1.54, 1.807) is 7.11 Å². The standard InChI is InChI=1S/C18H15P.C10H12Cl2O/c1-4-10-16(11-5-1)19(17-12-6-2-7-13-17)18-14-8-3-9-15-18;1-6-7(2)10(13-3)4-9(12)8(6)5-11/h1-15H;4H,5H2,1-3H3. The molecule has 0 spiro atoms. The van der Waals surface area contributed by atoms with Crippen LogP contribution in [0.5, 0.6) is 5.75 Å². The summed E-state index contributed by atoms with van der Waals surface area (Å²) in [7, 11) is 1.19. The minimum Gasteiger partial charge on any atom is -0.496 e. The number of alkyl halides is 1. The number of methoxy groups -OCH3 is 1. The Balaban J connectivity index is 0.000000195. The maximum atomic E-state index is 6.02. The van der Waals surface area contributed by atoms with E-state index < -0.39 is 7.92 Å². The molecule has 4 heteroatoms. The highest BCUT2D eigenvalue weighted by atomic mass is 35.5. The van der Waals surface area contributed by atoms with Gasteiger partial charge in [0, 0.05) is 10.9 Å². The Morgan fingerprint density at radius 2 is 1.09 bits per heavy atom. The smallest absolute Gasteiger partial charge is 0.123 e. The van der Waals surface area contributed by atoms with Gasteiger partial charge in [0.05, 0.1) is 7.11 Å². The van der Waals surface area contributed by atoms with Crippen molar-refractivity contribution in [3.8, 4) is 5.75 Å². The molecule has 32 heavy (non-hydrogen) atoms. The van der Waals surface area contributed by atoms with Crippen molar-refractivity contribution < 1.29 is 4.74 Å². The van der Waals surface area contributed by atoms with Crippen molar-refractivity contribution in [3.05, 3.63) is 119 Å². The largest absolute Gasteiger partial charge is 0.496 e. The maximum Gasteiger partial charge on any atom is 0.123 e. The number of benzene rings is 4. The zero-order valence-corrected chi connectivity index (χ0v) is 21.0. The van der Waals surface area contributed by atoms with E-state index in [9.17, 15) is 0 Å². The molecule has 164 valence electrons. The topological polar surface area (TPSA) is 9.23 Å². The summed E-state index contributed by atoms with van der Waals surface area (Å²) < 4.78 is 5.18. The first-order valence-electron chi connectivity index (χ1n) is 10.4. The summed E-state index contributed by atoms with van der Waals surface area (Å²) in [6.45, 7) is 4.00. The molecule has 0 aliphatic heterocycles. The molecule has 4 rings (SSSR count). The van der Waals surface area contributed by atoms with Crippen molar-refractivity contribution in [2.24, 2.45) is 0 Å². The molecule has 0 N–H and O–H groups in total. The number of hydrogen-bond acceptors (Lipinski definition) is 1. The Morgan fingerprint density at radius 3 is 1.44 bits per heavy atom. The summed E-state index contributed by atoms with van der Waals surface area (Å²) in [5, 5.41) is 4.87. The molecule has 0 bridgehead atoms. The van der Waals surface area contributed by atoms with Crippen LogP contribution in [0.1, 0.15) is 16.7 Å². The zero-order valence-electron chi connectivity index (χ0n) is 18.6. The quantitative estimate of drug-likeness (QED) is 0.217. The van der Waals surface area contributed by atoms with E-state index in [1.165, 1.54) is 15.9 Å². The number of hydrogen-bond donors (Lipinski definition) is 0. The Bertz CT molecular complexity index is 1020. The van der Waals surface area contributed by atoms with Gasteiger partial charge in [-0.2, -0.15) is 0 Å². The van der Waals surface area contributed by atoms with E-state index in [1.807, 2.05) is 19.9 Å². The molecular weight excluding hydrogens is 454 g/mol. The van der Waals surface area contributed by atoms with Crippen LogP contribution in [0.25, 0.3) is 0 Å². The molecule has 0 amide bonds. The molecule has 0 saturated carbocycles. The number of ether oxygens (including phenoxy) is 1. The third-order valence-electron chi connectivity index (χ3n) is 5.33. The Morgan fingerprint density at radius 1 is 0.688 bits per heavy atom. The zero-order chi connectivity index (χ0) is 22.9. The summed E-state index contributed by atoms with van der Waals surface area (Å²) in [5.41, 5.74) is 3.20. The average Bonchev–Trinajstić information content (AvgIpc) is 2.84. The normalized spacial score (nSPS) is 10.4. The monoisotopic (exact) mass is 480 g/mol. The van der Waals surface area contributed by atoms with Gasteiger partial charge < -0.3 is 4.74 Å². The lowest BCUT2D eigenvalue weighted by molar-refractivity contribution is 0.411. The molecule has 0 radical (unpaired) electrons. The van der Waals surface area contributed by atoms with Gasteiger partial charge in [-0.1, -0.05) is 103 Å². The van der Waals surface area contributed by atoms with Gasteiger partial charge in [-0.25, -0.2) is 0 Å². The van der Waals surface area contributed by atoms with Gasteiger partial charge in [0.2, 0.25) is 0 Å². The van der Waals surface area contributed by atoms with Gasteiger partial charge in [-0.05, 0) is 60.4 Å². The van der Waals surface area contributed by atoms with E-state index >= 15 is 0 Å². The van der Waals surface area contributed by atoms with Crippen LogP contribution >= 0.6 is 31.1 Å². The van der Waals surface area contributed by atoms with Crippen LogP contribution in [0.2, 0.25) is 5.02 Å². The number of halogens is 2. The van der Waals surface area contributed by atoms with E-state index in [0.717, 1.165) is 22.4 Å². The lowest BCUT2D eigenvalue weighted by Crippen LogP contribution is -2.20. The third kappa shape index (κ3) is 5.93. The molecule has 4 aromatic carbocycles. The minimum atomic E-state index is -0.446. The molecule has 0 unspecified atom stereocenters. The maximum absolute atomic E-state index is 6.02. The summed E-state index contributed by atoms with van der Waals surface area (Å²) >= 11 is 11.8. The fourth-order valence-corrected chi connectivity index (χ4v) is 6.48. The Labute approximate surface area is 202 Å². The highest BCUT2D eigenvalue weighted by Gasteiger charge is 2.15. The van der Waals surface area contributed by atoms with Crippen LogP contribution in [0.3, 0.4) is 0 Å². The van der Waals surface area contributed by atoms with E-state index in [4.69, 9.17) is 27.9 Å². The summed E-state index contributed by atoms with van der Waals surface area (Å²) in [5.74, 6) is 1.26. The molecule has 0 fully saturated rings. The summed E-state index contributed by atoms with van der Waals surface area (Å²) in [4.78, 5) is 0. The van der Waals surface area contributed by atoms with Crippen LogP contribution in [0, 0.1) is 13.8 Å². The lowest BCUT2D eigenvalue weighted by atomic mass is 10.0. The van der Waals surface area contributed by atoms with Crippen LogP contribution < -0.4 is 20.7 Å². The Hall–Kier alpha value is -2.31. The predicted octanol–water partition coefficient (Wildman–Crippen LogP) is 7.15. The molecular formula is C28H27Cl2OP. The number of rotatable bonds is 5. The summed E-state index contributed by atoms with van der Waals surface area (Å²) in [6.07, 6.45) is 0. The van der Waals surface area contributed by atoms with E-state index in [2.05, 4.69) is 91.0 Å². The van der Waals surface area contributed by atoms with Crippen molar-refractivity contribution in [1.82, 2.24) is 0 Å². The van der Waals surface area contributed by atoms with Crippen molar-refractivity contribution in [1.29, 1.82) is 0 Å². The van der Waals surface area contributed by atoms with Gasteiger partial charge in [0.1, 0.15) is 5.75 Å². The highest BCUT2D eigenvalue weighted by molar-refractivity contribution is 7.79. The van der Waals surface area contributed by atoms with Crippen LogP contribution in [-0.2, 0) is 5.88 Å². The van der Waals surface area contributed by atoms with Gasteiger partial charge in [-0.15, -0.1) is 11.6 Å². The fourth-order valence-electron chi connectivity index (χ4n) is 3.46. The first kappa shape index (κ1) is 24.3. The SMILES string of the molecule is COc1cc(Cl)c(CCl)c(C)c1C.c1ccc(P(c2ccccc2)c2ccccc2)cc1.